The van der Waals surface area contributed by atoms with E-state index in [1.54, 1.807) is 29.6 Å². The molecule has 1 aliphatic heterocycles. The van der Waals surface area contributed by atoms with Crippen molar-refractivity contribution in [2.24, 2.45) is 5.92 Å². The molecule has 8 nitrogen and oxygen atoms in total. The third-order valence-electron chi connectivity index (χ3n) is 5.36. The van der Waals surface area contributed by atoms with Crippen LogP contribution in [-0.4, -0.2) is 51.7 Å². The Hall–Kier alpha value is -3.34. The van der Waals surface area contributed by atoms with Gasteiger partial charge in [-0.15, -0.1) is 0 Å². The van der Waals surface area contributed by atoms with E-state index in [4.69, 9.17) is 10.00 Å². The lowest BCUT2D eigenvalue weighted by Crippen LogP contribution is -2.47. The Kier molecular flexibility index (Phi) is 7.52. The largest absolute Gasteiger partial charge is 0.444 e. The number of nitrogens with one attached hydrogen (secondary N) is 1. The topological polar surface area (TPSA) is 100 Å². The first-order valence-electron chi connectivity index (χ1n) is 11.0. The number of hydrogen-bond acceptors (Lipinski definition) is 5. The second kappa shape index (κ2) is 10.3. The fourth-order valence-electron chi connectivity index (χ4n) is 3.72. The summed E-state index contributed by atoms with van der Waals surface area (Å²) in [6.45, 7) is 7.68. The van der Waals surface area contributed by atoms with Crippen molar-refractivity contribution in [3.05, 3.63) is 53.6 Å². The van der Waals surface area contributed by atoms with Gasteiger partial charge in [0.2, 0.25) is 5.91 Å². The highest BCUT2D eigenvalue weighted by atomic mass is 16.6. The normalized spacial score (nSPS) is 16.3. The van der Waals surface area contributed by atoms with Crippen LogP contribution in [0.25, 0.3) is 0 Å². The molecule has 1 aromatic heterocycles. The van der Waals surface area contributed by atoms with Crippen LogP contribution in [0.5, 0.6) is 0 Å². The summed E-state index contributed by atoms with van der Waals surface area (Å²) in [6.07, 6.45) is 5.43. The summed E-state index contributed by atoms with van der Waals surface area (Å²) in [5.41, 5.74) is 2.19. The van der Waals surface area contributed by atoms with Crippen molar-refractivity contribution in [2.45, 2.75) is 52.2 Å². The molecule has 3 rings (SSSR count). The summed E-state index contributed by atoms with van der Waals surface area (Å²) in [4.78, 5) is 30.9. The van der Waals surface area contributed by atoms with Crippen molar-refractivity contribution < 1.29 is 14.3 Å². The van der Waals surface area contributed by atoms with Crippen LogP contribution < -0.4 is 5.32 Å². The summed E-state index contributed by atoms with van der Waals surface area (Å²) in [6, 6.07) is 9.59. The molecule has 1 fully saturated rings. The Morgan fingerprint density at radius 2 is 2.03 bits per heavy atom. The van der Waals surface area contributed by atoms with Crippen molar-refractivity contribution in [3.8, 4) is 6.07 Å². The number of rotatable bonds is 6. The smallest absolute Gasteiger partial charge is 0.410 e. The van der Waals surface area contributed by atoms with E-state index in [0.717, 1.165) is 24.1 Å². The Morgan fingerprint density at radius 1 is 1.28 bits per heavy atom. The van der Waals surface area contributed by atoms with Crippen molar-refractivity contribution in [2.75, 3.05) is 19.6 Å². The van der Waals surface area contributed by atoms with E-state index in [1.807, 2.05) is 37.5 Å². The van der Waals surface area contributed by atoms with Crippen LogP contribution in [0, 0.1) is 17.2 Å². The van der Waals surface area contributed by atoms with Crippen LogP contribution in [-0.2, 0) is 22.5 Å². The highest BCUT2D eigenvalue weighted by molar-refractivity contribution is 5.80. The number of piperidine rings is 1. The number of aromatic nitrogens is 2. The molecule has 1 N–H and O–H groups in total. The van der Waals surface area contributed by atoms with Crippen molar-refractivity contribution in [3.63, 3.8) is 0 Å². The van der Waals surface area contributed by atoms with Gasteiger partial charge in [0.05, 0.1) is 23.9 Å². The molecule has 1 unspecified atom stereocenters. The van der Waals surface area contributed by atoms with Crippen molar-refractivity contribution in [1.82, 2.24) is 19.8 Å². The molecule has 0 saturated carbocycles. The van der Waals surface area contributed by atoms with Crippen LogP contribution in [0.2, 0.25) is 0 Å². The van der Waals surface area contributed by atoms with Gasteiger partial charge in [-0.25, -0.2) is 9.78 Å². The van der Waals surface area contributed by atoms with Gasteiger partial charge in [-0.05, 0) is 51.3 Å². The van der Waals surface area contributed by atoms with Gasteiger partial charge in [-0.1, -0.05) is 12.1 Å². The maximum absolute atomic E-state index is 12.7. The minimum Gasteiger partial charge on any atom is -0.444 e. The number of carbonyl (C=O) groups excluding carboxylic acids is 2. The third kappa shape index (κ3) is 6.58. The van der Waals surface area contributed by atoms with E-state index in [0.29, 0.717) is 38.2 Å². The fraction of sp³-hybridized carbons (Fsp3) is 0.500. The number of amides is 2. The first-order valence-corrected chi connectivity index (χ1v) is 11.0. The maximum Gasteiger partial charge on any atom is 0.410 e. The minimum atomic E-state index is -0.549. The lowest BCUT2D eigenvalue weighted by molar-refractivity contribution is -0.126. The molecule has 2 amide bonds. The Labute approximate surface area is 189 Å². The molecule has 2 heterocycles. The first-order chi connectivity index (χ1) is 15.2. The molecule has 0 bridgehead atoms. The fourth-order valence-corrected chi connectivity index (χ4v) is 3.72. The molecule has 8 heteroatoms. The highest BCUT2D eigenvalue weighted by Gasteiger charge is 2.30. The quantitative estimate of drug-likeness (QED) is 0.748. The molecule has 32 heavy (non-hydrogen) atoms. The molecule has 1 aromatic carbocycles. The molecule has 1 atom stereocenters. The Morgan fingerprint density at radius 3 is 2.72 bits per heavy atom. The minimum absolute atomic E-state index is 0.0311. The standard InChI is InChI=1S/C24H31N5O3/c1-24(2,3)32-23(31)28-12-4-5-20(16-28)22(30)27-11-10-21-14-26-17-29(21)15-19-8-6-18(13-25)7-9-19/h6-9,14,17,20H,4-5,10-12,15-16H2,1-3H3,(H,27,30). The van der Waals surface area contributed by atoms with Gasteiger partial charge in [0.1, 0.15) is 5.60 Å². The molecular weight excluding hydrogens is 406 g/mol. The SMILES string of the molecule is CC(C)(C)OC(=O)N1CCCC(C(=O)NCCc2cncn2Cc2ccc(C#N)cc2)C1. The second-order valence-electron chi connectivity index (χ2n) is 9.13. The zero-order valence-electron chi connectivity index (χ0n) is 19.0. The summed E-state index contributed by atoms with van der Waals surface area (Å²) in [7, 11) is 0. The molecule has 170 valence electrons. The number of ether oxygens (including phenoxy) is 1. The van der Waals surface area contributed by atoms with E-state index < -0.39 is 5.60 Å². The van der Waals surface area contributed by atoms with Crippen LogP contribution in [0.15, 0.2) is 36.8 Å². The number of imidazole rings is 1. The van der Waals surface area contributed by atoms with Crippen LogP contribution in [0.3, 0.4) is 0 Å². The zero-order valence-corrected chi connectivity index (χ0v) is 19.0. The van der Waals surface area contributed by atoms with Crippen LogP contribution in [0.1, 0.15) is 50.4 Å². The second-order valence-corrected chi connectivity index (χ2v) is 9.13. The lowest BCUT2D eigenvalue weighted by Gasteiger charge is -2.33. The number of hydrogen-bond donors (Lipinski definition) is 1. The van der Waals surface area contributed by atoms with Gasteiger partial charge in [0.25, 0.3) is 0 Å². The molecule has 1 saturated heterocycles. The number of benzene rings is 1. The van der Waals surface area contributed by atoms with E-state index in [-0.39, 0.29) is 17.9 Å². The predicted octanol–water partition coefficient (Wildman–Crippen LogP) is 3.11. The summed E-state index contributed by atoms with van der Waals surface area (Å²) < 4.78 is 7.48. The van der Waals surface area contributed by atoms with Crippen molar-refractivity contribution >= 4 is 12.0 Å². The number of carbonyl (C=O) groups is 2. The predicted molar refractivity (Wildman–Crippen MR) is 120 cm³/mol. The van der Waals surface area contributed by atoms with Gasteiger partial charge in [0.15, 0.2) is 0 Å². The molecule has 0 spiro atoms. The van der Waals surface area contributed by atoms with Gasteiger partial charge >= 0.3 is 6.09 Å². The zero-order chi connectivity index (χ0) is 23.1. The number of nitriles is 1. The van der Waals surface area contributed by atoms with Crippen molar-refractivity contribution in [1.29, 1.82) is 5.26 Å². The van der Waals surface area contributed by atoms with E-state index in [1.165, 1.54) is 0 Å². The van der Waals surface area contributed by atoms with Crippen LogP contribution in [0.4, 0.5) is 4.79 Å². The lowest BCUT2D eigenvalue weighted by atomic mass is 9.97. The van der Waals surface area contributed by atoms with Gasteiger partial charge in [-0.3, -0.25) is 4.79 Å². The van der Waals surface area contributed by atoms with E-state index in [2.05, 4.69) is 16.4 Å². The summed E-state index contributed by atoms with van der Waals surface area (Å²) in [5, 5.41) is 11.9. The highest BCUT2D eigenvalue weighted by Crippen LogP contribution is 2.19. The van der Waals surface area contributed by atoms with E-state index >= 15 is 0 Å². The molecule has 0 aliphatic carbocycles. The Balaban J connectivity index is 1.48. The number of nitrogens with zero attached hydrogens (tertiary/aromatic N) is 4. The number of likely N-dealkylation sites (tertiary alicyclic amines) is 1. The average Bonchev–Trinajstić information content (AvgIpc) is 3.20. The molecule has 1 aliphatic rings. The average molecular weight is 438 g/mol. The van der Waals surface area contributed by atoms with E-state index in [9.17, 15) is 9.59 Å². The monoisotopic (exact) mass is 437 g/mol. The third-order valence-corrected chi connectivity index (χ3v) is 5.36. The molecule has 2 aromatic rings. The maximum atomic E-state index is 12.7. The first kappa shape index (κ1) is 23.3. The van der Waals surface area contributed by atoms with Gasteiger partial charge < -0.3 is 19.5 Å². The van der Waals surface area contributed by atoms with Crippen LogP contribution >= 0.6 is 0 Å². The molecule has 0 radical (unpaired) electrons. The van der Waals surface area contributed by atoms with Gasteiger partial charge in [0, 0.05) is 44.5 Å². The van der Waals surface area contributed by atoms with Gasteiger partial charge in [-0.2, -0.15) is 5.26 Å². The molecular formula is C24H31N5O3. The Bertz CT molecular complexity index is 969. The summed E-state index contributed by atoms with van der Waals surface area (Å²) in [5.74, 6) is -0.253. The summed E-state index contributed by atoms with van der Waals surface area (Å²) >= 11 is 0.